The van der Waals surface area contributed by atoms with Crippen LogP contribution in [0.3, 0.4) is 0 Å². The summed E-state index contributed by atoms with van der Waals surface area (Å²) in [5.74, 6) is 0.644. The number of aliphatic hydroxyl groups is 1. The van der Waals surface area contributed by atoms with Crippen LogP contribution in [0.2, 0.25) is 5.15 Å². The quantitative estimate of drug-likeness (QED) is 0.825. The monoisotopic (exact) mass is 305 g/mol. The number of nitrogens with zero attached hydrogens (tertiary/aromatic N) is 2. The largest absolute Gasteiger partial charge is 0.391 e. The maximum atomic E-state index is 9.84. The molecule has 1 fully saturated rings. The van der Waals surface area contributed by atoms with Gasteiger partial charge in [0, 0.05) is 0 Å². The van der Waals surface area contributed by atoms with Gasteiger partial charge in [0.2, 0.25) is 0 Å². The molecule has 0 spiro atoms. The Balaban J connectivity index is 2.10. The third-order valence-electron chi connectivity index (χ3n) is 2.80. The van der Waals surface area contributed by atoms with E-state index < -0.39 is 0 Å². The number of hydrogen-bond donors (Lipinski definition) is 2. The molecular formula is C10H13BrClN3O. The van der Waals surface area contributed by atoms with Crippen molar-refractivity contribution in [3.63, 3.8) is 0 Å². The fraction of sp³-hybridized carbons (Fsp3) is 0.600. The van der Waals surface area contributed by atoms with E-state index in [-0.39, 0.29) is 12.1 Å². The second kappa shape index (κ2) is 5.29. The van der Waals surface area contributed by atoms with E-state index in [0.717, 1.165) is 25.7 Å². The normalized spacial score (nSPS) is 25.4. The minimum Gasteiger partial charge on any atom is -0.391 e. The van der Waals surface area contributed by atoms with Gasteiger partial charge in [-0.05, 0) is 28.8 Å². The summed E-state index contributed by atoms with van der Waals surface area (Å²) in [4.78, 5) is 7.96. The minimum absolute atomic E-state index is 0.0519. The van der Waals surface area contributed by atoms with Crippen LogP contribution < -0.4 is 5.32 Å². The molecule has 0 radical (unpaired) electrons. The summed E-state index contributed by atoms with van der Waals surface area (Å²) in [7, 11) is 0. The molecular weight excluding hydrogens is 293 g/mol. The SMILES string of the molecule is OC1CCCCC1Nc1ncnc(Cl)c1Br. The predicted molar refractivity (Wildman–Crippen MR) is 66.6 cm³/mol. The number of hydrogen-bond acceptors (Lipinski definition) is 4. The molecule has 88 valence electrons. The third kappa shape index (κ3) is 2.64. The van der Waals surface area contributed by atoms with Crippen LogP contribution in [0.4, 0.5) is 5.82 Å². The Hall–Kier alpha value is -0.390. The minimum atomic E-state index is -0.311. The molecule has 1 aliphatic carbocycles. The zero-order valence-electron chi connectivity index (χ0n) is 8.66. The molecule has 1 aromatic heterocycles. The number of aliphatic hydroxyl groups excluding tert-OH is 1. The Bertz CT molecular complexity index is 377. The summed E-state index contributed by atoms with van der Waals surface area (Å²) in [6.07, 6.45) is 5.11. The van der Waals surface area contributed by atoms with Crippen molar-refractivity contribution in [2.24, 2.45) is 0 Å². The van der Waals surface area contributed by atoms with E-state index in [2.05, 4.69) is 31.2 Å². The van der Waals surface area contributed by atoms with Gasteiger partial charge in [0.25, 0.3) is 0 Å². The lowest BCUT2D eigenvalue weighted by Gasteiger charge is -2.29. The van der Waals surface area contributed by atoms with Gasteiger partial charge in [-0.1, -0.05) is 24.4 Å². The molecule has 1 heterocycles. The average molecular weight is 307 g/mol. The van der Waals surface area contributed by atoms with E-state index in [9.17, 15) is 5.11 Å². The number of aromatic nitrogens is 2. The highest BCUT2D eigenvalue weighted by atomic mass is 79.9. The first-order valence-corrected chi connectivity index (χ1v) is 6.46. The van der Waals surface area contributed by atoms with E-state index in [1.165, 1.54) is 6.33 Å². The topological polar surface area (TPSA) is 58.0 Å². The van der Waals surface area contributed by atoms with Crippen molar-refractivity contribution in [1.29, 1.82) is 0 Å². The summed E-state index contributed by atoms with van der Waals surface area (Å²) in [6.45, 7) is 0. The summed E-state index contributed by atoms with van der Waals surface area (Å²) in [5, 5.41) is 13.4. The second-order valence-corrected chi connectivity index (χ2v) is 5.08. The molecule has 6 heteroatoms. The van der Waals surface area contributed by atoms with Crippen LogP contribution >= 0.6 is 27.5 Å². The lowest BCUT2D eigenvalue weighted by Crippen LogP contribution is -2.36. The van der Waals surface area contributed by atoms with Crippen molar-refractivity contribution >= 4 is 33.3 Å². The molecule has 2 atom stereocenters. The second-order valence-electron chi connectivity index (χ2n) is 3.93. The van der Waals surface area contributed by atoms with E-state index in [1.807, 2.05) is 0 Å². The Morgan fingerprint density at radius 1 is 1.38 bits per heavy atom. The molecule has 1 saturated carbocycles. The van der Waals surface area contributed by atoms with Gasteiger partial charge in [-0.2, -0.15) is 0 Å². The summed E-state index contributed by atoms with van der Waals surface area (Å²) >= 11 is 9.19. The Morgan fingerprint density at radius 2 is 2.12 bits per heavy atom. The van der Waals surface area contributed by atoms with Crippen molar-refractivity contribution in [3.05, 3.63) is 16.0 Å². The summed E-state index contributed by atoms with van der Waals surface area (Å²) in [6, 6.07) is 0.0519. The zero-order chi connectivity index (χ0) is 11.5. The van der Waals surface area contributed by atoms with Crippen LogP contribution in [0, 0.1) is 0 Å². The molecule has 16 heavy (non-hydrogen) atoms. The van der Waals surface area contributed by atoms with E-state index in [4.69, 9.17) is 11.6 Å². The van der Waals surface area contributed by atoms with Crippen LogP contribution in [-0.4, -0.2) is 27.2 Å². The lowest BCUT2D eigenvalue weighted by atomic mass is 9.93. The van der Waals surface area contributed by atoms with Crippen LogP contribution in [0.15, 0.2) is 10.8 Å². The number of halogens is 2. The first kappa shape index (κ1) is 12.1. The smallest absolute Gasteiger partial charge is 0.148 e. The molecule has 1 aromatic rings. The van der Waals surface area contributed by atoms with Gasteiger partial charge in [-0.15, -0.1) is 0 Å². The van der Waals surface area contributed by atoms with E-state index in [0.29, 0.717) is 15.4 Å². The highest BCUT2D eigenvalue weighted by molar-refractivity contribution is 9.10. The number of rotatable bonds is 2. The Kier molecular flexibility index (Phi) is 4.00. The Labute approximate surface area is 108 Å². The molecule has 0 aliphatic heterocycles. The van der Waals surface area contributed by atoms with Gasteiger partial charge in [0.15, 0.2) is 0 Å². The van der Waals surface area contributed by atoms with Crippen molar-refractivity contribution in [2.75, 3.05) is 5.32 Å². The highest BCUT2D eigenvalue weighted by Gasteiger charge is 2.24. The number of anilines is 1. The maximum Gasteiger partial charge on any atom is 0.148 e. The van der Waals surface area contributed by atoms with Gasteiger partial charge in [-0.25, -0.2) is 9.97 Å². The van der Waals surface area contributed by atoms with E-state index >= 15 is 0 Å². The zero-order valence-corrected chi connectivity index (χ0v) is 11.0. The number of nitrogens with one attached hydrogen (secondary N) is 1. The predicted octanol–water partition coefficient (Wildman–Crippen LogP) is 2.61. The van der Waals surface area contributed by atoms with Crippen LogP contribution in [0.25, 0.3) is 0 Å². The van der Waals surface area contributed by atoms with Crippen molar-refractivity contribution in [3.8, 4) is 0 Å². The molecule has 0 bridgehead atoms. The van der Waals surface area contributed by atoms with Gasteiger partial charge in [0.05, 0.1) is 16.6 Å². The Morgan fingerprint density at radius 3 is 2.88 bits per heavy atom. The third-order valence-corrected chi connectivity index (χ3v) is 4.06. The molecule has 2 unspecified atom stereocenters. The molecule has 0 saturated heterocycles. The van der Waals surface area contributed by atoms with Gasteiger partial charge in [-0.3, -0.25) is 0 Å². The molecule has 2 rings (SSSR count). The summed E-state index contributed by atoms with van der Waals surface area (Å²) < 4.78 is 0.648. The first-order chi connectivity index (χ1) is 7.68. The molecule has 1 aliphatic rings. The molecule has 4 nitrogen and oxygen atoms in total. The van der Waals surface area contributed by atoms with Crippen molar-refractivity contribution in [1.82, 2.24) is 9.97 Å². The van der Waals surface area contributed by atoms with Gasteiger partial charge in [0.1, 0.15) is 17.3 Å². The van der Waals surface area contributed by atoms with Crippen molar-refractivity contribution < 1.29 is 5.11 Å². The summed E-state index contributed by atoms with van der Waals surface area (Å²) in [5.41, 5.74) is 0. The molecule has 2 N–H and O–H groups in total. The molecule has 0 aromatic carbocycles. The highest BCUT2D eigenvalue weighted by Crippen LogP contribution is 2.29. The maximum absolute atomic E-state index is 9.84. The van der Waals surface area contributed by atoms with Gasteiger partial charge >= 0.3 is 0 Å². The fourth-order valence-electron chi connectivity index (χ4n) is 1.90. The van der Waals surface area contributed by atoms with Crippen molar-refractivity contribution in [2.45, 2.75) is 37.8 Å². The van der Waals surface area contributed by atoms with Gasteiger partial charge < -0.3 is 10.4 Å². The average Bonchev–Trinajstić information content (AvgIpc) is 2.28. The standard InChI is InChI=1S/C10H13BrClN3O/c11-8-9(12)13-5-14-10(8)15-6-3-1-2-4-7(6)16/h5-7,16H,1-4H2,(H,13,14,15). The van der Waals surface area contributed by atoms with E-state index in [1.54, 1.807) is 0 Å². The lowest BCUT2D eigenvalue weighted by molar-refractivity contribution is 0.116. The van der Waals surface area contributed by atoms with Crippen LogP contribution in [0.1, 0.15) is 25.7 Å². The first-order valence-electron chi connectivity index (χ1n) is 5.29. The van der Waals surface area contributed by atoms with Crippen LogP contribution in [-0.2, 0) is 0 Å². The van der Waals surface area contributed by atoms with Crippen LogP contribution in [0.5, 0.6) is 0 Å². The fourth-order valence-corrected chi connectivity index (χ4v) is 2.36. The molecule has 0 amide bonds.